The molecule has 0 heterocycles. The maximum absolute atomic E-state index is 12.4. The summed E-state index contributed by atoms with van der Waals surface area (Å²) in [5.41, 5.74) is 4.46. The van der Waals surface area contributed by atoms with Crippen molar-refractivity contribution >= 4 is 5.91 Å². The highest BCUT2D eigenvalue weighted by atomic mass is 16.5. The van der Waals surface area contributed by atoms with Gasteiger partial charge in [-0.25, -0.2) is 0 Å². The molecule has 1 N–H and O–H groups in total. The minimum atomic E-state index is -0.107. The summed E-state index contributed by atoms with van der Waals surface area (Å²) in [5, 5.41) is 3.06. The number of rotatable bonds is 8. The molecule has 0 aliphatic carbocycles. The molecule has 0 fully saturated rings. The molecule has 0 spiro atoms. The van der Waals surface area contributed by atoms with Crippen LogP contribution in [0.15, 0.2) is 36.4 Å². The van der Waals surface area contributed by atoms with E-state index in [9.17, 15) is 4.79 Å². The van der Waals surface area contributed by atoms with Crippen LogP contribution in [0.2, 0.25) is 0 Å². The summed E-state index contributed by atoms with van der Waals surface area (Å²) < 4.78 is 11.3. The van der Waals surface area contributed by atoms with Gasteiger partial charge in [-0.15, -0.1) is 0 Å². The van der Waals surface area contributed by atoms with E-state index >= 15 is 0 Å². The first-order valence-corrected chi connectivity index (χ1v) is 9.19. The number of hydrogen-bond acceptors (Lipinski definition) is 3. The molecule has 1 atom stereocenters. The Morgan fingerprint density at radius 3 is 2.31 bits per heavy atom. The highest BCUT2D eigenvalue weighted by molar-refractivity contribution is 5.79. The van der Waals surface area contributed by atoms with Crippen molar-refractivity contribution in [2.45, 2.75) is 47.1 Å². The fourth-order valence-electron chi connectivity index (χ4n) is 2.81. The molecule has 0 bridgehead atoms. The summed E-state index contributed by atoms with van der Waals surface area (Å²) >= 11 is 0. The molecule has 0 saturated carbocycles. The number of aryl methyl sites for hydroxylation is 2. The Kier molecular flexibility index (Phi) is 7.07. The molecule has 0 aliphatic heterocycles. The van der Waals surface area contributed by atoms with E-state index in [1.807, 2.05) is 45.0 Å². The number of hydrogen-bond donors (Lipinski definition) is 1. The molecule has 140 valence electrons. The van der Waals surface area contributed by atoms with Gasteiger partial charge in [0.25, 0.3) is 0 Å². The van der Waals surface area contributed by atoms with Crippen LogP contribution in [-0.4, -0.2) is 19.1 Å². The fourth-order valence-corrected chi connectivity index (χ4v) is 2.81. The third-order valence-electron chi connectivity index (χ3n) is 4.38. The Labute approximate surface area is 156 Å². The first kappa shape index (κ1) is 19.8. The van der Waals surface area contributed by atoms with Crippen LogP contribution in [0, 0.1) is 13.8 Å². The minimum Gasteiger partial charge on any atom is -0.490 e. The van der Waals surface area contributed by atoms with E-state index in [1.165, 1.54) is 11.1 Å². The highest BCUT2D eigenvalue weighted by Crippen LogP contribution is 2.30. The van der Waals surface area contributed by atoms with E-state index in [0.29, 0.717) is 25.4 Å². The molecule has 0 saturated heterocycles. The van der Waals surface area contributed by atoms with Crippen molar-refractivity contribution < 1.29 is 14.3 Å². The Bertz CT molecular complexity index is 755. The lowest BCUT2D eigenvalue weighted by Crippen LogP contribution is -2.28. The standard InChI is InChI=1S/C22H29NO3/c1-6-25-20-11-10-19(14-21(20)26-7-2)17(5)23-22(24)13-18-9-8-15(3)16(4)12-18/h8-12,14,17H,6-7,13H2,1-5H3,(H,23,24)/t17-/m0/s1. The second-order valence-electron chi connectivity index (χ2n) is 6.46. The molecule has 4 nitrogen and oxygen atoms in total. The van der Waals surface area contributed by atoms with Crippen molar-refractivity contribution in [1.82, 2.24) is 5.32 Å². The lowest BCUT2D eigenvalue weighted by atomic mass is 10.0. The second-order valence-corrected chi connectivity index (χ2v) is 6.46. The zero-order valence-electron chi connectivity index (χ0n) is 16.4. The smallest absolute Gasteiger partial charge is 0.224 e. The summed E-state index contributed by atoms with van der Waals surface area (Å²) in [5.74, 6) is 1.45. The van der Waals surface area contributed by atoms with E-state index in [1.54, 1.807) is 0 Å². The van der Waals surface area contributed by atoms with Crippen molar-refractivity contribution in [2.24, 2.45) is 0 Å². The summed E-state index contributed by atoms with van der Waals surface area (Å²) in [6.45, 7) is 11.1. The third kappa shape index (κ3) is 5.25. The van der Waals surface area contributed by atoms with Crippen LogP contribution in [0.3, 0.4) is 0 Å². The first-order chi connectivity index (χ1) is 12.4. The minimum absolute atomic E-state index is 0.00703. The number of ether oxygens (including phenoxy) is 2. The average Bonchev–Trinajstić information content (AvgIpc) is 2.60. The monoisotopic (exact) mass is 355 g/mol. The molecule has 4 heteroatoms. The largest absolute Gasteiger partial charge is 0.490 e. The molecule has 0 aromatic heterocycles. The molecule has 26 heavy (non-hydrogen) atoms. The molecule has 0 radical (unpaired) electrons. The van der Waals surface area contributed by atoms with Gasteiger partial charge < -0.3 is 14.8 Å². The van der Waals surface area contributed by atoms with Crippen LogP contribution in [0.4, 0.5) is 0 Å². The quantitative estimate of drug-likeness (QED) is 0.757. The van der Waals surface area contributed by atoms with Crippen molar-refractivity contribution in [3.8, 4) is 11.5 Å². The van der Waals surface area contributed by atoms with E-state index in [4.69, 9.17) is 9.47 Å². The summed E-state index contributed by atoms with van der Waals surface area (Å²) in [6, 6.07) is 11.8. The van der Waals surface area contributed by atoms with E-state index in [-0.39, 0.29) is 11.9 Å². The molecular formula is C22H29NO3. The maximum atomic E-state index is 12.4. The van der Waals surface area contributed by atoms with Crippen molar-refractivity contribution in [3.63, 3.8) is 0 Å². The van der Waals surface area contributed by atoms with Crippen LogP contribution in [0.25, 0.3) is 0 Å². The molecule has 0 unspecified atom stereocenters. The van der Waals surface area contributed by atoms with Crippen molar-refractivity contribution in [3.05, 3.63) is 58.7 Å². The summed E-state index contributed by atoms with van der Waals surface area (Å²) in [4.78, 5) is 12.4. The zero-order valence-corrected chi connectivity index (χ0v) is 16.4. The predicted molar refractivity (Wildman–Crippen MR) is 105 cm³/mol. The summed E-state index contributed by atoms with van der Waals surface area (Å²) in [6.07, 6.45) is 0.376. The topological polar surface area (TPSA) is 47.6 Å². The Morgan fingerprint density at radius 2 is 1.65 bits per heavy atom. The average molecular weight is 355 g/mol. The highest BCUT2D eigenvalue weighted by Gasteiger charge is 2.14. The lowest BCUT2D eigenvalue weighted by Gasteiger charge is -2.18. The Balaban J connectivity index is 2.05. The second kappa shape index (κ2) is 9.27. The number of benzene rings is 2. The maximum Gasteiger partial charge on any atom is 0.224 e. The molecule has 2 aromatic carbocycles. The zero-order chi connectivity index (χ0) is 19.1. The van der Waals surface area contributed by atoms with Gasteiger partial charge in [-0.05, 0) is 69.0 Å². The number of nitrogens with one attached hydrogen (secondary N) is 1. The fraction of sp³-hybridized carbons (Fsp3) is 0.409. The van der Waals surface area contributed by atoms with E-state index < -0.39 is 0 Å². The van der Waals surface area contributed by atoms with Gasteiger partial charge >= 0.3 is 0 Å². The molecule has 2 rings (SSSR count). The lowest BCUT2D eigenvalue weighted by molar-refractivity contribution is -0.121. The molecule has 0 aliphatic rings. The Hall–Kier alpha value is -2.49. The van der Waals surface area contributed by atoms with Gasteiger partial charge in [0.15, 0.2) is 11.5 Å². The van der Waals surface area contributed by atoms with E-state index in [2.05, 4.69) is 31.3 Å². The van der Waals surface area contributed by atoms with Gasteiger partial charge in [0.05, 0.1) is 25.7 Å². The molecule has 2 aromatic rings. The van der Waals surface area contributed by atoms with Crippen molar-refractivity contribution in [1.29, 1.82) is 0 Å². The number of carbonyl (C=O) groups is 1. The van der Waals surface area contributed by atoms with Crippen LogP contribution < -0.4 is 14.8 Å². The van der Waals surface area contributed by atoms with Gasteiger partial charge in [-0.1, -0.05) is 24.3 Å². The van der Waals surface area contributed by atoms with Gasteiger partial charge in [-0.2, -0.15) is 0 Å². The third-order valence-corrected chi connectivity index (χ3v) is 4.38. The van der Waals surface area contributed by atoms with Crippen LogP contribution in [0.5, 0.6) is 11.5 Å². The van der Waals surface area contributed by atoms with E-state index in [0.717, 1.165) is 16.9 Å². The SMILES string of the molecule is CCOc1ccc([C@H](C)NC(=O)Cc2ccc(C)c(C)c2)cc1OCC. The molecule has 1 amide bonds. The van der Waals surface area contributed by atoms with Crippen LogP contribution in [-0.2, 0) is 11.2 Å². The predicted octanol–water partition coefficient (Wildman–Crippen LogP) is 4.52. The molecular weight excluding hydrogens is 326 g/mol. The van der Waals surface area contributed by atoms with Gasteiger partial charge in [-0.3, -0.25) is 4.79 Å². The first-order valence-electron chi connectivity index (χ1n) is 9.19. The number of carbonyl (C=O) groups excluding carboxylic acids is 1. The van der Waals surface area contributed by atoms with Gasteiger partial charge in [0.2, 0.25) is 5.91 Å². The Morgan fingerprint density at radius 1 is 0.962 bits per heavy atom. The van der Waals surface area contributed by atoms with Gasteiger partial charge in [0.1, 0.15) is 0 Å². The normalized spacial score (nSPS) is 11.7. The van der Waals surface area contributed by atoms with Crippen LogP contribution in [0.1, 0.15) is 49.1 Å². The number of amides is 1. The van der Waals surface area contributed by atoms with Gasteiger partial charge in [0, 0.05) is 0 Å². The summed E-state index contributed by atoms with van der Waals surface area (Å²) in [7, 11) is 0. The van der Waals surface area contributed by atoms with Crippen molar-refractivity contribution in [2.75, 3.05) is 13.2 Å². The van der Waals surface area contributed by atoms with Crippen LogP contribution >= 0.6 is 0 Å².